The van der Waals surface area contributed by atoms with Gasteiger partial charge in [0.25, 0.3) is 10.1 Å². The number of aromatic hydroxyl groups is 1. The van der Waals surface area contributed by atoms with Gasteiger partial charge in [-0.25, -0.2) is 0 Å². The van der Waals surface area contributed by atoms with Crippen LogP contribution in [0.5, 0.6) is 5.75 Å². The molecule has 2 aromatic carbocycles. The minimum absolute atomic E-state index is 0.126. The zero-order valence-corrected chi connectivity index (χ0v) is 15.7. The summed E-state index contributed by atoms with van der Waals surface area (Å²) in [5.74, 6) is 0.371. The highest BCUT2D eigenvalue weighted by atomic mass is 32.2. The fraction of sp³-hybridized carbons (Fsp3) is 0.333. The summed E-state index contributed by atoms with van der Waals surface area (Å²) in [7, 11) is -4.32. The van der Waals surface area contributed by atoms with Gasteiger partial charge in [0, 0.05) is 0 Å². The molecule has 7 heteroatoms. The van der Waals surface area contributed by atoms with Crippen LogP contribution < -0.4 is 0 Å². The lowest BCUT2D eigenvalue weighted by Crippen LogP contribution is -2.01. The summed E-state index contributed by atoms with van der Waals surface area (Å²) in [4.78, 5) is -0.184. The highest BCUT2D eigenvalue weighted by Crippen LogP contribution is 2.34. The average molecular weight is 362 g/mol. The van der Waals surface area contributed by atoms with E-state index >= 15 is 0 Å². The Labute approximate surface area is 148 Å². The Morgan fingerprint density at radius 1 is 0.920 bits per heavy atom. The van der Waals surface area contributed by atoms with Crippen molar-refractivity contribution in [3.05, 3.63) is 46.5 Å². The Morgan fingerprint density at radius 3 is 2.12 bits per heavy atom. The van der Waals surface area contributed by atoms with Crippen molar-refractivity contribution >= 4 is 21.5 Å². The summed E-state index contributed by atoms with van der Waals surface area (Å²) in [6.45, 7) is 9.12. The Bertz CT molecular complexity index is 948. The SMILES string of the molecule is Cc1cc(C)c(S(=O)(=O)O)cc1/N=N/c1cc(C)c(O)c(C(C)C)c1. The first-order chi connectivity index (χ1) is 11.5. The third kappa shape index (κ3) is 4.24. The van der Waals surface area contributed by atoms with Gasteiger partial charge in [0.2, 0.25) is 0 Å². The molecule has 0 atom stereocenters. The van der Waals surface area contributed by atoms with Crippen LogP contribution in [0.2, 0.25) is 0 Å². The molecule has 0 unspecified atom stereocenters. The first-order valence-corrected chi connectivity index (χ1v) is 9.28. The maximum absolute atomic E-state index is 11.4. The molecule has 0 aliphatic carbocycles. The van der Waals surface area contributed by atoms with E-state index in [9.17, 15) is 18.1 Å². The summed E-state index contributed by atoms with van der Waals surface area (Å²) in [6, 6.07) is 6.40. The molecule has 0 amide bonds. The van der Waals surface area contributed by atoms with Crippen molar-refractivity contribution in [1.29, 1.82) is 0 Å². The zero-order valence-electron chi connectivity index (χ0n) is 14.9. The zero-order chi connectivity index (χ0) is 18.9. The molecule has 0 aromatic heterocycles. The maximum Gasteiger partial charge on any atom is 0.294 e. The molecule has 6 nitrogen and oxygen atoms in total. The predicted molar refractivity (Wildman–Crippen MR) is 96.8 cm³/mol. The third-order valence-corrected chi connectivity index (χ3v) is 4.98. The van der Waals surface area contributed by atoms with Gasteiger partial charge in [-0.05, 0) is 67.1 Å². The van der Waals surface area contributed by atoms with Gasteiger partial charge in [0.15, 0.2) is 0 Å². The highest BCUT2D eigenvalue weighted by Gasteiger charge is 2.16. The average Bonchev–Trinajstić information content (AvgIpc) is 2.47. The van der Waals surface area contributed by atoms with E-state index in [4.69, 9.17) is 0 Å². The number of benzene rings is 2. The summed E-state index contributed by atoms with van der Waals surface area (Å²) < 4.78 is 32.2. The van der Waals surface area contributed by atoms with Crippen molar-refractivity contribution in [3.63, 3.8) is 0 Å². The van der Waals surface area contributed by atoms with Crippen molar-refractivity contribution < 1.29 is 18.1 Å². The van der Waals surface area contributed by atoms with Crippen molar-refractivity contribution in [1.82, 2.24) is 0 Å². The van der Waals surface area contributed by atoms with E-state index in [0.29, 0.717) is 22.5 Å². The topological polar surface area (TPSA) is 99.3 Å². The van der Waals surface area contributed by atoms with E-state index in [-0.39, 0.29) is 16.6 Å². The lowest BCUT2D eigenvalue weighted by atomic mass is 9.99. The molecule has 0 heterocycles. The second-order valence-corrected chi connectivity index (χ2v) is 7.82. The van der Waals surface area contributed by atoms with Gasteiger partial charge >= 0.3 is 0 Å². The molecule has 0 aliphatic heterocycles. The molecule has 0 bridgehead atoms. The van der Waals surface area contributed by atoms with E-state index in [0.717, 1.165) is 11.1 Å². The second kappa shape index (κ2) is 6.93. The molecular weight excluding hydrogens is 340 g/mol. The van der Waals surface area contributed by atoms with E-state index < -0.39 is 10.1 Å². The quantitative estimate of drug-likeness (QED) is 0.583. The Kier molecular flexibility index (Phi) is 5.29. The molecule has 0 saturated carbocycles. The lowest BCUT2D eigenvalue weighted by molar-refractivity contribution is 0.460. The van der Waals surface area contributed by atoms with Crippen LogP contribution in [0.3, 0.4) is 0 Å². The Hall–Kier alpha value is -2.25. The van der Waals surface area contributed by atoms with Crippen molar-refractivity contribution in [2.24, 2.45) is 10.2 Å². The predicted octanol–water partition coefficient (Wildman–Crippen LogP) is 5.10. The number of nitrogens with zero attached hydrogens (tertiary/aromatic N) is 2. The lowest BCUT2D eigenvalue weighted by Gasteiger charge is -2.11. The van der Waals surface area contributed by atoms with Crippen LogP contribution in [0.25, 0.3) is 0 Å². The van der Waals surface area contributed by atoms with Gasteiger partial charge in [0.05, 0.1) is 16.3 Å². The maximum atomic E-state index is 11.4. The first-order valence-electron chi connectivity index (χ1n) is 7.84. The molecule has 0 fully saturated rings. The van der Waals surface area contributed by atoms with Gasteiger partial charge in [-0.2, -0.15) is 18.6 Å². The minimum atomic E-state index is -4.32. The Balaban J connectivity index is 2.50. The van der Waals surface area contributed by atoms with Gasteiger partial charge < -0.3 is 5.11 Å². The first kappa shape index (κ1) is 19.1. The van der Waals surface area contributed by atoms with E-state index in [1.807, 2.05) is 13.8 Å². The van der Waals surface area contributed by atoms with Gasteiger partial charge in [0.1, 0.15) is 5.75 Å². The van der Waals surface area contributed by atoms with E-state index in [1.165, 1.54) is 6.07 Å². The molecule has 0 spiro atoms. The fourth-order valence-corrected chi connectivity index (χ4v) is 3.33. The number of rotatable bonds is 4. The summed E-state index contributed by atoms with van der Waals surface area (Å²) >= 11 is 0. The largest absolute Gasteiger partial charge is 0.507 e. The number of azo groups is 1. The summed E-state index contributed by atoms with van der Waals surface area (Å²) in [5.41, 5.74) is 3.57. The number of hydrogen-bond donors (Lipinski definition) is 2. The molecule has 0 radical (unpaired) electrons. The molecule has 0 saturated heterocycles. The number of phenolic OH excluding ortho intramolecular Hbond substituents is 1. The minimum Gasteiger partial charge on any atom is -0.507 e. The molecule has 134 valence electrons. The van der Waals surface area contributed by atoms with Crippen LogP contribution in [0, 0.1) is 20.8 Å². The van der Waals surface area contributed by atoms with Crippen LogP contribution in [0.4, 0.5) is 11.4 Å². The number of phenols is 1. The summed E-state index contributed by atoms with van der Waals surface area (Å²) in [6.07, 6.45) is 0. The van der Waals surface area contributed by atoms with Gasteiger partial charge in [-0.3, -0.25) is 4.55 Å². The van der Waals surface area contributed by atoms with E-state index in [1.54, 1.807) is 39.0 Å². The molecule has 2 rings (SSSR count). The van der Waals surface area contributed by atoms with Crippen LogP contribution in [0.1, 0.15) is 42.0 Å². The van der Waals surface area contributed by atoms with E-state index in [2.05, 4.69) is 10.2 Å². The third-order valence-electron chi connectivity index (χ3n) is 3.98. The van der Waals surface area contributed by atoms with Crippen molar-refractivity contribution in [2.75, 3.05) is 0 Å². The Morgan fingerprint density at radius 2 is 1.56 bits per heavy atom. The molecule has 25 heavy (non-hydrogen) atoms. The van der Waals surface area contributed by atoms with Gasteiger partial charge in [-0.1, -0.05) is 19.9 Å². The smallest absolute Gasteiger partial charge is 0.294 e. The molecular formula is C18H22N2O4S. The molecule has 0 aliphatic rings. The normalized spacial score (nSPS) is 12.3. The summed E-state index contributed by atoms with van der Waals surface area (Å²) in [5, 5.41) is 18.4. The molecule has 2 N–H and O–H groups in total. The molecule has 2 aromatic rings. The standard InChI is InChI=1S/C18H22N2O4S/c1-10(2)15-8-14(7-13(5)18(15)21)19-20-16-9-17(25(22,23)24)12(4)6-11(16)3/h6-10,21H,1-5H3,(H,22,23,24)/b20-19+. The fourth-order valence-electron chi connectivity index (χ4n) is 2.60. The monoisotopic (exact) mass is 362 g/mol. The second-order valence-electron chi connectivity index (χ2n) is 6.43. The van der Waals surface area contributed by atoms with Crippen molar-refractivity contribution in [2.45, 2.75) is 45.4 Å². The van der Waals surface area contributed by atoms with Crippen LogP contribution in [-0.2, 0) is 10.1 Å². The van der Waals surface area contributed by atoms with Crippen LogP contribution >= 0.6 is 0 Å². The van der Waals surface area contributed by atoms with Gasteiger partial charge in [-0.15, -0.1) is 0 Å². The van der Waals surface area contributed by atoms with Crippen LogP contribution in [-0.4, -0.2) is 18.1 Å². The van der Waals surface area contributed by atoms with Crippen LogP contribution in [0.15, 0.2) is 39.4 Å². The number of hydrogen-bond acceptors (Lipinski definition) is 5. The number of aryl methyl sites for hydroxylation is 3. The van der Waals surface area contributed by atoms with Crippen molar-refractivity contribution in [3.8, 4) is 5.75 Å². The highest BCUT2D eigenvalue weighted by molar-refractivity contribution is 7.85.